The summed E-state index contributed by atoms with van der Waals surface area (Å²) in [5, 5.41) is 9.91. The maximum Gasteiger partial charge on any atom is 0.240 e. The number of hydrogen-bond acceptors (Lipinski definition) is 5. The zero-order chi connectivity index (χ0) is 17.6. The van der Waals surface area contributed by atoms with Crippen LogP contribution in [0.1, 0.15) is 31.9 Å². The van der Waals surface area contributed by atoms with Gasteiger partial charge in [0.05, 0.1) is 30.1 Å². The Morgan fingerprint density at radius 1 is 1.21 bits per heavy atom. The van der Waals surface area contributed by atoms with Crippen molar-refractivity contribution in [1.82, 2.24) is 4.72 Å². The summed E-state index contributed by atoms with van der Waals surface area (Å²) in [5.74, 6) is 1.04. The van der Waals surface area contributed by atoms with Crippen LogP contribution < -0.4 is 9.46 Å². The molecule has 7 heteroatoms. The highest BCUT2D eigenvalue weighted by Crippen LogP contribution is 2.18. The summed E-state index contributed by atoms with van der Waals surface area (Å²) >= 11 is 0. The van der Waals surface area contributed by atoms with Crippen molar-refractivity contribution in [2.75, 3.05) is 13.2 Å². The van der Waals surface area contributed by atoms with Crippen molar-refractivity contribution in [2.24, 2.45) is 5.92 Å². The highest BCUT2D eigenvalue weighted by atomic mass is 32.2. The van der Waals surface area contributed by atoms with Crippen LogP contribution in [-0.4, -0.2) is 26.7 Å². The SMILES string of the molecule is CC(C)COc1ccc(S(=O)(=O)NCCC(O)c2ccoc2)cc1. The summed E-state index contributed by atoms with van der Waals surface area (Å²) in [6.07, 6.45) is 2.40. The second kappa shape index (κ2) is 8.32. The van der Waals surface area contributed by atoms with Crippen molar-refractivity contribution in [1.29, 1.82) is 0 Å². The highest BCUT2D eigenvalue weighted by molar-refractivity contribution is 7.89. The van der Waals surface area contributed by atoms with E-state index in [1.807, 2.05) is 13.8 Å². The predicted octanol–water partition coefficient (Wildman–Crippen LogP) is 2.72. The van der Waals surface area contributed by atoms with Gasteiger partial charge in [0, 0.05) is 12.1 Å². The lowest BCUT2D eigenvalue weighted by molar-refractivity contribution is 0.168. The lowest BCUT2D eigenvalue weighted by Gasteiger charge is -2.11. The van der Waals surface area contributed by atoms with E-state index in [0.29, 0.717) is 23.8 Å². The van der Waals surface area contributed by atoms with Crippen LogP contribution in [0.4, 0.5) is 0 Å². The minimum atomic E-state index is -3.61. The van der Waals surface area contributed by atoms with E-state index in [1.165, 1.54) is 24.7 Å². The van der Waals surface area contributed by atoms with Gasteiger partial charge in [-0.25, -0.2) is 13.1 Å². The van der Waals surface area contributed by atoms with Gasteiger partial charge in [-0.1, -0.05) is 13.8 Å². The second-order valence-electron chi connectivity index (χ2n) is 5.94. The van der Waals surface area contributed by atoms with Crippen molar-refractivity contribution < 1.29 is 22.7 Å². The van der Waals surface area contributed by atoms with E-state index in [2.05, 4.69) is 4.72 Å². The first kappa shape index (κ1) is 18.5. The molecule has 132 valence electrons. The van der Waals surface area contributed by atoms with Gasteiger partial charge in [-0.15, -0.1) is 0 Å². The number of aliphatic hydroxyl groups is 1. The fourth-order valence-corrected chi connectivity index (χ4v) is 3.07. The molecule has 1 aromatic carbocycles. The molecular weight excluding hydrogens is 330 g/mol. The Kier molecular flexibility index (Phi) is 6.42. The van der Waals surface area contributed by atoms with Crippen LogP contribution in [0.2, 0.25) is 0 Å². The first-order chi connectivity index (χ1) is 11.4. The van der Waals surface area contributed by atoms with Crippen LogP contribution in [-0.2, 0) is 10.0 Å². The van der Waals surface area contributed by atoms with E-state index in [-0.39, 0.29) is 17.9 Å². The van der Waals surface area contributed by atoms with E-state index in [0.717, 1.165) is 0 Å². The molecule has 1 unspecified atom stereocenters. The Bertz CT molecular complexity index is 708. The topological polar surface area (TPSA) is 88.8 Å². The smallest absolute Gasteiger partial charge is 0.240 e. The maximum absolute atomic E-state index is 12.2. The summed E-state index contributed by atoms with van der Waals surface area (Å²) in [6, 6.07) is 7.93. The maximum atomic E-state index is 12.2. The average Bonchev–Trinajstić information content (AvgIpc) is 3.07. The fraction of sp³-hybridized carbons (Fsp3) is 0.412. The molecule has 2 N–H and O–H groups in total. The van der Waals surface area contributed by atoms with E-state index in [4.69, 9.17) is 9.15 Å². The number of aliphatic hydroxyl groups excluding tert-OH is 1. The second-order valence-corrected chi connectivity index (χ2v) is 7.70. The minimum Gasteiger partial charge on any atom is -0.493 e. The molecule has 2 aromatic rings. The van der Waals surface area contributed by atoms with Crippen LogP contribution in [0.5, 0.6) is 5.75 Å². The molecule has 0 radical (unpaired) electrons. The summed E-state index contributed by atoms with van der Waals surface area (Å²) < 4.78 is 37.3. The van der Waals surface area contributed by atoms with E-state index < -0.39 is 16.1 Å². The zero-order valence-electron chi connectivity index (χ0n) is 13.8. The van der Waals surface area contributed by atoms with Crippen molar-refractivity contribution in [3.8, 4) is 5.75 Å². The number of furan rings is 1. The largest absolute Gasteiger partial charge is 0.493 e. The molecule has 0 spiro atoms. The lowest BCUT2D eigenvalue weighted by Crippen LogP contribution is -2.25. The molecule has 0 bridgehead atoms. The van der Waals surface area contributed by atoms with Crippen molar-refractivity contribution in [3.63, 3.8) is 0 Å². The molecule has 0 aliphatic heterocycles. The molecule has 0 amide bonds. The molecule has 0 aliphatic rings. The van der Waals surface area contributed by atoms with Gasteiger partial charge in [-0.05, 0) is 42.7 Å². The lowest BCUT2D eigenvalue weighted by atomic mass is 10.1. The van der Waals surface area contributed by atoms with E-state index in [9.17, 15) is 13.5 Å². The van der Waals surface area contributed by atoms with Gasteiger partial charge >= 0.3 is 0 Å². The van der Waals surface area contributed by atoms with Gasteiger partial charge in [-0.3, -0.25) is 0 Å². The summed E-state index contributed by atoms with van der Waals surface area (Å²) in [7, 11) is -3.61. The molecule has 1 heterocycles. The van der Waals surface area contributed by atoms with Crippen LogP contribution in [0.25, 0.3) is 0 Å². The molecular formula is C17H23NO5S. The normalized spacial score (nSPS) is 13.2. The number of rotatable bonds is 9. The molecule has 0 saturated carbocycles. The molecule has 0 saturated heterocycles. The zero-order valence-corrected chi connectivity index (χ0v) is 14.6. The third-order valence-electron chi connectivity index (χ3n) is 3.36. The van der Waals surface area contributed by atoms with E-state index >= 15 is 0 Å². The Labute approximate surface area is 142 Å². The Balaban J connectivity index is 1.88. The van der Waals surface area contributed by atoms with Gasteiger partial charge in [0.1, 0.15) is 5.75 Å². The first-order valence-electron chi connectivity index (χ1n) is 7.81. The van der Waals surface area contributed by atoms with Crippen molar-refractivity contribution >= 4 is 10.0 Å². The van der Waals surface area contributed by atoms with Crippen LogP contribution in [0, 0.1) is 5.92 Å². The third kappa shape index (κ3) is 5.36. The molecule has 24 heavy (non-hydrogen) atoms. The predicted molar refractivity (Wildman–Crippen MR) is 90.2 cm³/mol. The van der Waals surface area contributed by atoms with Gasteiger partial charge < -0.3 is 14.3 Å². The fourth-order valence-electron chi connectivity index (χ4n) is 2.02. The third-order valence-corrected chi connectivity index (χ3v) is 4.83. The monoisotopic (exact) mass is 353 g/mol. The number of nitrogens with one attached hydrogen (secondary N) is 1. The van der Waals surface area contributed by atoms with Gasteiger partial charge in [0.15, 0.2) is 0 Å². The van der Waals surface area contributed by atoms with Crippen molar-refractivity contribution in [3.05, 3.63) is 48.4 Å². The average molecular weight is 353 g/mol. The molecule has 6 nitrogen and oxygen atoms in total. The number of hydrogen-bond donors (Lipinski definition) is 2. The molecule has 0 fully saturated rings. The van der Waals surface area contributed by atoms with Crippen LogP contribution in [0.15, 0.2) is 52.2 Å². The standard InChI is InChI=1S/C17H23NO5S/c1-13(2)11-23-15-3-5-16(6-4-15)24(20,21)18-9-7-17(19)14-8-10-22-12-14/h3-6,8,10,12-13,17-19H,7,9,11H2,1-2H3. The number of sulfonamides is 1. The molecule has 0 aliphatic carbocycles. The van der Waals surface area contributed by atoms with Gasteiger partial charge in [0.2, 0.25) is 10.0 Å². The summed E-state index contributed by atoms with van der Waals surface area (Å²) in [4.78, 5) is 0.164. The summed E-state index contributed by atoms with van der Waals surface area (Å²) in [6.45, 7) is 4.79. The van der Waals surface area contributed by atoms with Crippen molar-refractivity contribution in [2.45, 2.75) is 31.3 Å². The molecule has 1 atom stereocenters. The van der Waals surface area contributed by atoms with Gasteiger partial charge in [0.25, 0.3) is 0 Å². The number of ether oxygens (including phenoxy) is 1. The van der Waals surface area contributed by atoms with Crippen LogP contribution >= 0.6 is 0 Å². The molecule has 2 rings (SSSR count). The first-order valence-corrected chi connectivity index (χ1v) is 9.29. The van der Waals surface area contributed by atoms with E-state index in [1.54, 1.807) is 18.2 Å². The van der Waals surface area contributed by atoms with Gasteiger partial charge in [-0.2, -0.15) is 0 Å². The van der Waals surface area contributed by atoms with Crippen LogP contribution in [0.3, 0.4) is 0 Å². The minimum absolute atomic E-state index is 0.125. The molecule has 1 aromatic heterocycles. The number of benzene rings is 1. The Morgan fingerprint density at radius 2 is 1.92 bits per heavy atom. The quantitative estimate of drug-likeness (QED) is 0.723. The highest BCUT2D eigenvalue weighted by Gasteiger charge is 2.15. The Morgan fingerprint density at radius 3 is 2.50 bits per heavy atom. The Hall–Kier alpha value is -1.83. The summed E-state index contributed by atoms with van der Waals surface area (Å²) in [5.41, 5.74) is 0.626.